The van der Waals surface area contributed by atoms with Crippen LogP contribution in [-0.4, -0.2) is 11.1 Å². The van der Waals surface area contributed by atoms with E-state index in [9.17, 15) is 9.90 Å². The van der Waals surface area contributed by atoms with Crippen LogP contribution < -0.4 is 0 Å². The Morgan fingerprint density at radius 3 is 2.76 bits per heavy atom. The molecule has 0 amide bonds. The van der Waals surface area contributed by atoms with Gasteiger partial charge in [-0.3, -0.25) is 0 Å². The molecular formula is C14H14O2S. The summed E-state index contributed by atoms with van der Waals surface area (Å²) in [7, 11) is 0. The van der Waals surface area contributed by atoms with E-state index in [0.717, 1.165) is 22.4 Å². The van der Waals surface area contributed by atoms with Crippen LogP contribution >= 0.6 is 11.3 Å². The number of thiophene rings is 1. The molecule has 3 heteroatoms. The Morgan fingerprint density at radius 1 is 1.41 bits per heavy atom. The van der Waals surface area contributed by atoms with Crippen molar-refractivity contribution in [2.75, 3.05) is 0 Å². The molecule has 0 atom stereocenters. The van der Waals surface area contributed by atoms with Crippen molar-refractivity contribution in [2.24, 2.45) is 0 Å². The predicted molar refractivity (Wildman–Crippen MR) is 70.8 cm³/mol. The monoisotopic (exact) mass is 246 g/mol. The SMILES string of the molecule is CCc1csc(-c2cccc(C)c2C(=O)O)c1. The molecule has 0 aliphatic heterocycles. The maximum Gasteiger partial charge on any atom is 0.336 e. The molecule has 0 aliphatic rings. The van der Waals surface area contributed by atoms with Crippen molar-refractivity contribution in [1.82, 2.24) is 0 Å². The lowest BCUT2D eigenvalue weighted by Gasteiger charge is -2.06. The summed E-state index contributed by atoms with van der Waals surface area (Å²) in [4.78, 5) is 12.3. The summed E-state index contributed by atoms with van der Waals surface area (Å²) < 4.78 is 0. The number of carboxylic acids is 1. The standard InChI is InChI=1S/C14H14O2S/c1-3-10-7-12(17-8-10)11-6-4-5-9(2)13(11)14(15)16/h4-8H,3H2,1-2H3,(H,15,16). The van der Waals surface area contributed by atoms with Gasteiger partial charge in [0.25, 0.3) is 0 Å². The first-order valence-electron chi connectivity index (χ1n) is 5.54. The summed E-state index contributed by atoms with van der Waals surface area (Å²) in [6, 6.07) is 7.69. The number of carboxylic acid groups (broad SMARTS) is 1. The van der Waals surface area contributed by atoms with E-state index < -0.39 is 5.97 Å². The molecule has 1 aromatic carbocycles. The van der Waals surface area contributed by atoms with Gasteiger partial charge < -0.3 is 5.11 Å². The maximum atomic E-state index is 11.3. The third-order valence-corrected chi connectivity index (χ3v) is 3.83. The van der Waals surface area contributed by atoms with Crippen LogP contribution in [0, 0.1) is 6.92 Å². The van der Waals surface area contributed by atoms with Gasteiger partial charge in [0.2, 0.25) is 0 Å². The number of benzene rings is 1. The van der Waals surface area contributed by atoms with Crippen LogP contribution in [0.15, 0.2) is 29.6 Å². The van der Waals surface area contributed by atoms with Gasteiger partial charge >= 0.3 is 5.97 Å². The zero-order chi connectivity index (χ0) is 12.4. The largest absolute Gasteiger partial charge is 0.478 e. The second-order valence-electron chi connectivity index (χ2n) is 3.98. The van der Waals surface area contributed by atoms with Gasteiger partial charge in [0.05, 0.1) is 5.56 Å². The van der Waals surface area contributed by atoms with E-state index in [4.69, 9.17) is 0 Å². The molecule has 0 saturated carbocycles. The molecule has 0 saturated heterocycles. The Bertz CT molecular complexity index is 555. The molecule has 88 valence electrons. The van der Waals surface area contributed by atoms with Crippen LogP contribution in [0.2, 0.25) is 0 Å². The van der Waals surface area contributed by atoms with E-state index in [2.05, 4.69) is 18.4 Å². The third kappa shape index (κ3) is 2.24. The summed E-state index contributed by atoms with van der Waals surface area (Å²) in [6.45, 7) is 3.93. The molecule has 2 rings (SSSR count). The summed E-state index contributed by atoms with van der Waals surface area (Å²) in [5, 5.41) is 11.4. The van der Waals surface area contributed by atoms with Gasteiger partial charge in [-0.2, -0.15) is 0 Å². The predicted octanol–water partition coefficient (Wildman–Crippen LogP) is 3.98. The molecule has 0 spiro atoms. The molecule has 2 aromatic rings. The zero-order valence-electron chi connectivity index (χ0n) is 9.86. The van der Waals surface area contributed by atoms with Crippen LogP contribution in [-0.2, 0) is 6.42 Å². The first-order valence-corrected chi connectivity index (χ1v) is 6.42. The number of hydrogen-bond donors (Lipinski definition) is 1. The molecule has 1 N–H and O–H groups in total. The van der Waals surface area contributed by atoms with Crippen LogP contribution in [0.1, 0.15) is 28.4 Å². The van der Waals surface area contributed by atoms with Gasteiger partial charge in [-0.15, -0.1) is 11.3 Å². The molecule has 1 heterocycles. The lowest BCUT2D eigenvalue weighted by atomic mass is 10.0. The zero-order valence-corrected chi connectivity index (χ0v) is 10.7. The molecule has 2 nitrogen and oxygen atoms in total. The van der Waals surface area contributed by atoms with Crippen LogP contribution in [0.4, 0.5) is 0 Å². The molecule has 0 fully saturated rings. The Morgan fingerprint density at radius 2 is 2.18 bits per heavy atom. The lowest BCUT2D eigenvalue weighted by molar-refractivity contribution is 0.0697. The van der Waals surface area contributed by atoms with E-state index in [-0.39, 0.29) is 0 Å². The highest BCUT2D eigenvalue weighted by Crippen LogP contribution is 2.31. The second kappa shape index (κ2) is 4.72. The first-order chi connectivity index (χ1) is 8.13. The van der Waals surface area contributed by atoms with Gasteiger partial charge in [-0.1, -0.05) is 25.1 Å². The number of carbonyl (C=O) groups is 1. The van der Waals surface area contributed by atoms with Crippen molar-refractivity contribution >= 4 is 17.3 Å². The molecule has 1 aromatic heterocycles. The fourth-order valence-corrected chi connectivity index (χ4v) is 2.89. The number of hydrogen-bond acceptors (Lipinski definition) is 2. The van der Waals surface area contributed by atoms with Crippen molar-refractivity contribution in [2.45, 2.75) is 20.3 Å². The maximum absolute atomic E-state index is 11.3. The van der Waals surface area contributed by atoms with E-state index in [1.54, 1.807) is 11.3 Å². The number of aromatic carboxylic acids is 1. The summed E-state index contributed by atoms with van der Waals surface area (Å²) in [5.74, 6) is -0.857. The van der Waals surface area contributed by atoms with Crippen LogP contribution in [0.3, 0.4) is 0 Å². The summed E-state index contributed by atoms with van der Waals surface area (Å²) in [6.07, 6.45) is 0.977. The van der Waals surface area contributed by atoms with Crippen molar-refractivity contribution < 1.29 is 9.90 Å². The lowest BCUT2D eigenvalue weighted by Crippen LogP contribution is -2.01. The number of aryl methyl sites for hydroxylation is 2. The highest BCUT2D eigenvalue weighted by atomic mass is 32.1. The van der Waals surface area contributed by atoms with E-state index in [0.29, 0.717) is 5.56 Å². The van der Waals surface area contributed by atoms with Crippen molar-refractivity contribution in [3.63, 3.8) is 0 Å². The minimum absolute atomic E-state index is 0.414. The molecule has 17 heavy (non-hydrogen) atoms. The molecule has 0 aliphatic carbocycles. The highest BCUT2D eigenvalue weighted by molar-refractivity contribution is 7.13. The van der Waals surface area contributed by atoms with Crippen LogP contribution in [0.5, 0.6) is 0 Å². The smallest absolute Gasteiger partial charge is 0.336 e. The third-order valence-electron chi connectivity index (χ3n) is 2.81. The normalized spacial score (nSPS) is 10.5. The van der Waals surface area contributed by atoms with Gasteiger partial charge in [0.1, 0.15) is 0 Å². The van der Waals surface area contributed by atoms with Gasteiger partial charge in [0, 0.05) is 10.4 Å². The average Bonchev–Trinajstić information content (AvgIpc) is 2.76. The fraction of sp³-hybridized carbons (Fsp3) is 0.214. The number of rotatable bonds is 3. The van der Waals surface area contributed by atoms with E-state index >= 15 is 0 Å². The summed E-state index contributed by atoms with van der Waals surface area (Å²) >= 11 is 1.60. The average molecular weight is 246 g/mol. The van der Waals surface area contributed by atoms with E-state index in [1.165, 1.54) is 5.56 Å². The second-order valence-corrected chi connectivity index (χ2v) is 4.89. The Kier molecular flexibility index (Phi) is 3.29. The Balaban J connectivity index is 2.58. The molecule has 0 radical (unpaired) electrons. The van der Waals surface area contributed by atoms with Gasteiger partial charge in [-0.25, -0.2) is 4.79 Å². The topological polar surface area (TPSA) is 37.3 Å². The van der Waals surface area contributed by atoms with Crippen molar-refractivity contribution in [3.8, 4) is 10.4 Å². The van der Waals surface area contributed by atoms with Crippen molar-refractivity contribution in [3.05, 3.63) is 46.3 Å². The summed E-state index contributed by atoms with van der Waals surface area (Å²) in [5.41, 5.74) is 3.29. The minimum atomic E-state index is -0.857. The minimum Gasteiger partial charge on any atom is -0.478 e. The molecule has 0 bridgehead atoms. The quantitative estimate of drug-likeness (QED) is 0.889. The Hall–Kier alpha value is -1.61. The Labute approximate surface area is 105 Å². The van der Waals surface area contributed by atoms with Gasteiger partial charge in [-0.05, 0) is 35.9 Å². The first kappa shape index (κ1) is 11.9. The van der Waals surface area contributed by atoms with Crippen LogP contribution in [0.25, 0.3) is 10.4 Å². The highest BCUT2D eigenvalue weighted by Gasteiger charge is 2.15. The molecular weight excluding hydrogens is 232 g/mol. The van der Waals surface area contributed by atoms with E-state index in [1.807, 2.05) is 25.1 Å². The van der Waals surface area contributed by atoms with Crippen molar-refractivity contribution in [1.29, 1.82) is 0 Å². The molecule has 0 unspecified atom stereocenters. The fourth-order valence-electron chi connectivity index (χ4n) is 1.86. The van der Waals surface area contributed by atoms with Gasteiger partial charge in [0.15, 0.2) is 0 Å².